The summed E-state index contributed by atoms with van der Waals surface area (Å²) >= 11 is 5.53. The number of aliphatic hydroxyl groups excluding tert-OH is 1. The molecule has 0 rings (SSSR count). The standard InChI is InChI=1S/C10H17ClO/c1-8(2)6-10(12)7-9(3)4-5-11/h6,10,12H,3-5,7H2,1-2H3. The zero-order chi connectivity index (χ0) is 9.56. The molecule has 0 aromatic rings. The van der Waals surface area contributed by atoms with Crippen molar-refractivity contribution in [2.24, 2.45) is 0 Å². The van der Waals surface area contributed by atoms with Gasteiger partial charge in [0.05, 0.1) is 6.10 Å². The highest BCUT2D eigenvalue weighted by Gasteiger charge is 2.02. The maximum absolute atomic E-state index is 9.44. The number of rotatable bonds is 5. The molecule has 0 fully saturated rings. The van der Waals surface area contributed by atoms with Crippen molar-refractivity contribution in [3.8, 4) is 0 Å². The molecule has 1 nitrogen and oxygen atoms in total. The predicted octanol–water partition coefficient (Wildman–Crippen LogP) is 2.89. The van der Waals surface area contributed by atoms with Gasteiger partial charge in [0.15, 0.2) is 0 Å². The Morgan fingerprint density at radius 2 is 2.17 bits per heavy atom. The van der Waals surface area contributed by atoms with Crippen LogP contribution >= 0.6 is 11.6 Å². The first kappa shape index (κ1) is 11.7. The van der Waals surface area contributed by atoms with Crippen LogP contribution in [0.25, 0.3) is 0 Å². The molecule has 0 aliphatic carbocycles. The summed E-state index contributed by atoms with van der Waals surface area (Å²) < 4.78 is 0. The monoisotopic (exact) mass is 188 g/mol. The first-order chi connectivity index (χ1) is 5.56. The van der Waals surface area contributed by atoms with E-state index in [1.54, 1.807) is 0 Å². The fourth-order valence-electron chi connectivity index (χ4n) is 0.975. The second kappa shape index (κ2) is 6.27. The summed E-state index contributed by atoms with van der Waals surface area (Å²) in [5.74, 6) is 0.584. The van der Waals surface area contributed by atoms with Crippen molar-refractivity contribution >= 4 is 11.6 Å². The van der Waals surface area contributed by atoms with Crippen molar-refractivity contribution in [3.63, 3.8) is 0 Å². The van der Waals surface area contributed by atoms with Gasteiger partial charge in [-0.25, -0.2) is 0 Å². The van der Waals surface area contributed by atoms with Gasteiger partial charge in [-0.3, -0.25) is 0 Å². The van der Waals surface area contributed by atoms with Crippen LogP contribution in [0.3, 0.4) is 0 Å². The van der Waals surface area contributed by atoms with E-state index < -0.39 is 6.10 Å². The van der Waals surface area contributed by atoms with E-state index in [0.717, 1.165) is 17.6 Å². The van der Waals surface area contributed by atoms with Gasteiger partial charge in [-0.2, -0.15) is 0 Å². The van der Waals surface area contributed by atoms with Crippen LogP contribution in [0, 0.1) is 0 Å². The van der Waals surface area contributed by atoms with E-state index in [1.165, 1.54) is 0 Å². The highest BCUT2D eigenvalue weighted by Crippen LogP contribution is 2.10. The summed E-state index contributed by atoms with van der Waals surface area (Å²) in [6.07, 6.45) is 2.85. The molecule has 0 spiro atoms. The minimum atomic E-state index is -0.397. The van der Waals surface area contributed by atoms with Crippen LogP contribution < -0.4 is 0 Å². The summed E-state index contributed by atoms with van der Waals surface area (Å²) in [7, 11) is 0. The molecule has 0 aliphatic rings. The van der Waals surface area contributed by atoms with E-state index in [2.05, 4.69) is 6.58 Å². The van der Waals surface area contributed by atoms with Crippen LogP contribution in [-0.2, 0) is 0 Å². The lowest BCUT2D eigenvalue weighted by Crippen LogP contribution is -2.04. The maximum atomic E-state index is 9.44. The number of aliphatic hydroxyl groups is 1. The van der Waals surface area contributed by atoms with Gasteiger partial charge in [0, 0.05) is 5.88 Å². The van der Waals surface area contributed by atoms with E-state index in [0.29, 0.717) is 12.3 Å². The molecular formula is C10H17ClO. The molecule has 0 saturated carbocycles. The molecule has 0 aliphatic heterocycles. The second-order valence-electron chi connectivity index (χ2n) is 3.20. The van der Waals surface area contributed by atoms with Crippen LogP contribution in [0.5, 0.6) is 0 Å². The number of halogens is 1. The quantitative estimate of drug-likeness (QED) is 0.520. The Kier molecular flexibility index (Phi) is 6.13. The molecule has 0 bridgehead atoms. The van der Waals surface area contributed by atoms with E-state index in [9.17, 15) is 5.11 Å². The Morgan fingerprint density at radius 1 is 1.58 bits per heavy atom. The van der Waals surface area contributed by atoms with Crippen LogP contribution in [0.15, 0.2) is 23.8 Å². The van der Waals surface area contributed by atoms with Crippen LogP contribution in [0.2, 0.25) is 0 Å². The highest BCUT2D eigenvalue weighted by atomic mass is 35.5. The molecule has 1 N–H and O–H groups in total. The van der Waals surface area contributed by atoms with Gasteiger partial charge in [0.1, 0.15) is 0 Å². The zero-order valence-electron chi connectivity index (χ0n) is 7.81. The number of allylic oxidation sites excluding steroid dienone is 1. The first-order valence-corrected chi connectivity index (χ1v) is 4.65. The Balaban J connectivity index is 3.76. The molecule has 12 heavy (non-hydrogen) atoms. The summed E-state index contributed by atoms with van der Waals surface area (Å²) in [6.45, 7) is 7.75. The average Bonchev–Trinajstić information content (AvgIpc) is 1.84. The first-order valence-electron chi connectivity index (χ1n) is 4.12. The van der Waals surface area contributed by atoms with Gasteiger partial charge >= 0.3 is 0 Å². The van der Waals surface area contributed by atoms with Crippen LogP contribution in [-0.4, -0.2) is 17.1 Å². The summed E-state index contributed by atoms with van der Waals surface area (Å²) in [5.41, 5.74) is 2.14. The van der Waals surface area contributed by atoms with Crippen LogP contribution in [0.4, 0.5) is 0 Å². The smallest absolute Gasteiger partial charge is 0.0760 e. The Bertz CT molecular complexity index is 169. The minimum Gasteiger partial charge on any atom is -0.389 e. The molecule has 0 radical (unpaired) electrons. The summed E-state index contributed by atoms with van der Waals surface area (Å²) in [6, 6.07) is 0. The van der Waals surface area contributed by atoms with Crippen molar-refractivity contribution < 1.29 is 5.11 Å². The SMILES string of the molecule is C=C(CCCl)CC(O)C=C(C)C. The lowest BCUT2D eigenvalue weighted by atomic mass is 10.1. The van der Waals surface area contributed by atoms with E-state index in [4.69, 9.17) is 11.6 Å². The fourth-order valence-corrected chi connectivity index (χ4v) is 1.24. The highest BCUT2D eigenvalue weighted by molar-refractivity contribution is 6.17. The molecule has 1 atom stereocenters. The minimum absolute atomic E-state index is 0.397. The van der Waals surface area contributed by atoms with Crippen LogP contribution in [0.1, 0.15) is 26.7 Å². The molecule has 2 heteroatoms. The van der Waals surface area contributed by atoms with Gasteiger partial charge in [-0.15, -0.1) is 11.6 Å². The van der Waals surface area contributed by atoms with Gasteiger partial charge in [0.2, 0.25) is 0 Å². The lowest BCUT2D eigenvalue weighted by Gasteiger charge is -2.07. The topological polar surface area (TPSA) is 20.2 Å². The third-order valence-electron chi connectivity index (χ3n) is 1.47. The van der Waals surface area contributed by atoms with E-state index >= 15 is 0 Å². The van der Waals surface area contributed by atoms with Gasteiger partial charge in [0.25, 0.3) is 0 Å². The van der Waals surface area contributed by atoms with Crippen molar-refractivity contribution in [1.82, 2.24) is 0 Å². The number of hydrogen-bond acceptors (Lipinski definition) is 1. The van der Waals surface area contributed by atoms with E-state index in [1.807, 2.05) is 19.9 Å². The normalized spacial score (nSPS) is 12.3. The molecule has 1 unspecified atom stereocenters. The molecule has 0 aromatic heterocycles. The summed E-state index contributed by atoms with van der Waals surface area (Å²) in [5, 5.41) is 9.44. The lowest BCUT2D eigenvalue weighted by molar-refractivity contribution is 0.222. The van der Waals surface area contributed by atoms with Gasteiger partial charge in [-0.05, 0) is 26.7 Å². The number of alkyl halides is 1. The van der Waals surface area contributed by atoms with Gasteiger partial charge in [-0.1, -0.05) is 23.8 Å². The fraction of sp³-hybridized carbons (Fsp3) is 0.600. The molecule has 0 saturated heterocycles. The summed E-state index contributed by atoms with van der Waals surface area (Å²) in [4.78, 5) is 0. The average molecular weight is 189 g/mol. The molecule has 0 aromatic carbocycles. The van der Waals surface area contributed by atoms with Gasteiger partial charge < -0.3 is 5.11 Å². The number of hydrogen-bond donors (Lipinski definition) is 1. The third kappa shape index (κ3) is 6.44. The Morgan fingerprint density at radius 3 is 2.58 bits per heavy atom. The largest absolute Gasteiger partial charge is 0.389 e. The molecular weight excluding hydrogens is 172 g/mol. The van der Waals surface area contributed by atoms with E-state index in [-0.39, 0.29) is 0 Å². The maximum Gasteiger partial charge on any atom is 0.0760 e. The second-order valence-corrected chi connectivity index (χ2v) is 3.58. The Hall–Kier alpha value is -0.270. The molecule has 70 valence electrons. The van der Waals surface area contributed by atoms with Crippen molar-refractivity contribution in [2.75, 3.05) is 5.88 Å². The predicted molar refractivity (Wildman–Crippen MR) is 54.5 cm³/mol. The Labute approximate surface area is 79.7 Å². The van der Waals surface area contributed by atoms with Crippen molar-refractivity contribution in [1.29, 1.82) is 0 Å². The zero-order valence-corrected chi connectivity index (χ0v) is 8.56. The molecule has 0 amide bonds. The molecule has 0 heterocycles. The van der Waals surface area contributed by atoms with Crippen molar-refractivity contribution in [3.05, 3.63) is 23.8 Å². The third-order valence-corrected chi connectivity index (χ3v) is 1.66. The van der Waals surface area contributed by atoms with Crippen molar-refractivity contribution in [2.45, 2.75) is 32.8 Å².